The van der Waals surface area contributed by atoms with Gasteiger partial charge in [-0.2, -0.15) is 5.26 Å². The van der Waals surface area contributed by atoms with Gasteiger partial charge in [0.15, 0.2) is 5.69 Å². The van der Waals surface area contributed by atoms with Crippen molar-refractivity contribution in [3.8, 4) is 28.6 Å². The average Bonchev–Trinajstić information content (AvgIpc) is 2.92. The van der Waals surface area contributed by atoms with Crippen LogP contribution in [-0.4, -0.2) is 9.97 Å². The zero-order chi connectivity index (χ0) is 23.1. The van der Waals surface area contributed by atoms with E-state index in [2.05, 4.69) is 57.3 Å². The summed E-state index contributed by atoms with van der Waals surface area (Å²) in [5, 5.41) is 16.0. The summed E-state index contributed by atoms with van der Waals surface area (Å²) in [5.74, 6) is 0. The SMILES string of the molecule is [C-]#[N+]c1ccnc(-c2cc3c4ccccc4c(-c4cc(C#N)ccn4)cc3c3ccccc23)c1. The van der Waals surface area contributed by atoms with E-state index in [1.54, 1.807) is 24.5 Å². The van der Waals surface area contributed by atoms with E-state index in [9.17, 15) is 5.26 Å². The largest absolute Gasteiger partial charge is 0.259 e. The van der Waals surface area contributed by atoms with Crippen molar-refractivity contribution in [2.24, 2.45) is 0 Å². The van der Waals surface area contributed by atoms with Crippen LogP contribution in [0.2, 0.25) is 0 Å². The highest BCUT2D eigenvalue weighted by molar-refractivity contribution is 6.23. The summed E-state index contributed by atoms with van der Waals surface area (Å²) in [4.78, 5) is 12.8. The molecule has 0 amide bonds. The monoisotopic (exact) mass is 432 g/mol. The molecule has 0 aliphatic carbocycles. The molecular weight excluding hydrogens is 416 g/mol. The molecule has 4 nitrogen and oxygen atoms in total. The molecule has 156 valence electrons. The Balaban J connectivity index is 1.77. The zero-order valence-electron chi connectivity index (χ0n) is 18.0. The minimum absolute atomic E-state index is 0.567. The molecule has 0 fully saturated rings. The van der Waals surface area contributed by atoms with E-state index < -0.39 is 0 Å². The van der Waals surface area contributed by atoms with E-state index in [0.29, 0.717) is 11.3 Å². The van der Waals surface area contributed by atoms with Gasteiger partial charge in [0.25, 0.3) is 0 Å². The van der Waals surface area contributed by atoms with Crippen LogP contribution in [0.25, 0.3) is 59.7 Å². The topological polar surface area (TPSA) is 53.9 Å². The Bertz CT molecular complexity index is 1700. The fraction of sp³-hybridized carbons (Fsp3) is 0. The fourth-order valence-corrected chi connectivity index (χ4v) is 4.66. The Labute approximate surface area is 196 Å². The van der Waals surface area contributed by atoms with Crippen LogP contribution < -0.4 is 0 Å². The first-order valence-corrected chi connectivity index (χ1v) is 10.8. The van der Waals surface area contributed by atoms with Crippen molar-refractivity contribution in [3.05, 3.63) is 114 Å². The third-order valence-corrected chi connectivity index (χ3v) is 6.20. The van der Waals surface area contributed by atoms with Crippen LogP contribution in [-0.2, 0) is 0 Å². The molecule has 6 aromatic rings. The molecule has 0 radical (unpaired) electrons. The predicted molar refractivity (Wildman–Crippen MR) is 136 cm³/mol. The Morgan fingerprint density at radius 1 is 0.618 bits per heavy atom. The van der Waals surface area contributed by atoms with Crippen molar-refractivity contribution in [1.29, 1.82) is 5.26 Å². The molecule has 0 bridgehead atoms. The van der Waals surface area contributed by atoms with Crippen molar-refractivity contribution in [2.45, 2.75) is 0 Å². The summed E-state index contributed by atoms with van der Waals surface area (Å²) < 4.78 is 0. The molecule has 4 heteroatoms. The van der Waals surface area contributed by atoms with Gasteiger partial charge in [-0.3, -0.25) is 9.97 Å². The van der Waals surface area contributed by atoms with Crippen LogP contribution in [0, 0.1) is 17.9 Å². The second-order valence-electron chi connectivity index (χ2n) is 8.09. The van der Waals surface area contributed by atoms with Crippen LogP contribution in [0.15, 0.2) is 97.3 Å². The van der Waals surface area contributed by atoms with E-state index in [-0.39, 0.29) is 0 Å². The summed E-state index contributed by atoms with van der Waals surface area (Å²) >= 11 is 0. The van der Waals surface area contributed by atoms with Crippen molar-refractivity contribution in [1.82, 2.24) is 9.97 Å². The maximum atomic E-state index is 9.41. The molecule has 0 aliphatic rings. The van der Waals surface area contributed by atoms with Gasteiger partial charge in [-0.25, -0.2) is 4.85 Å². The summed E-state index contributed by atoms with van der Waals surface area (Å²) in [7, 11) is 0. The minimum Gasteiger partial charge on any atom is -0.259 e. The zero-order valence-corrected chi connectivity index (χ0v) is 18.0. The molecule has 0 saturated heterocycles. The summed E-state index contributed by atoms with van der Waals surface area (Å²) in [5.41, 5.74) is 4.69. The number of rotatable bonds is 2. The molecule has 2 aromatic heterocycles. The molecule has 0 unspecified atom stereocenters. The van der Waals surface area contributed by atoms with Gasteiger partial charge < -0.3 is 0 Å². The van der Waals surface area contributed by atoms with E-state index in [4.69, 9.17) is 6.57 Å². The van der Waals surface area contributed by atoms with Crippen molar-refractivity contribution in [3.63, 3.8) is 0 Å². The highest BCUT2D eigenvalue weighted by Gasteiger charge is 2.15. The molecule has 2 heterocycles. The van der Waals surface area contributed by atoms with E-state index >= 15 is 0 Å². The van der Waals surface area contributed by atoms with Crippen LogP contribution >= 0.6 is 0 Å². The average molecular weight is 432 g/mol. The second-order valence-corrected chi connectivity index (χ2v) is 8.09. The number of hydrogen-bond donors (Lipinski definition) is 0. The van der Waals surface area contributed by atoms with Gasteiger partial charge in [-0.05, 0) is 68.7 Å². The van der Waals surface area contributed by atoms with E-state index in [1.165, 1.54) is 0 Å². The normalized spacial score (nSPS) is 10.9. The first-order chi connectivity index (χ1) is 16.8. The van der Waals surface area contributed by atoms with E-state index in [1.807, 2.05) is 36.4 Å². The lowest BCUT2D eigenvalue weighted by Crippen LogP contribution is -1.91. The smallest absolute Gasteiger partial charge is 0.190 e. The first-order valence-electron chi connectivity index (χ1n) is 10.8. The quantitative estimate of drug-likeness (QED) is 0.208. The van der Waals surface area contributed by atoms with Gasteiger partial charge in [0.05, 0.1) is 29.6 Å². The van der Waals surface area contributed by atoms with Crippen LogP contribution in [0.4, 0.5) is 5.69 Å². The molecule has 0 saturated carbocycles. The highest BCUT2D eigenvalue weighted by Crippen LogP contribution is 2.41. The Morgan fingerprint density at radius 3 is 1.71 bits per heavy atom. The predicted octanol–water partition coefficient (Wildman–Crippen LogP) is 7.69. The van der Waals surface area contributed by atoms with Crippen LogP contribution in [0.3, 0.4) is 0 Å². The second kappa shape index (κ2) is 7.81. The van der Waals surface area contributed by atoms with Crippen molar-refractivity contribution >= 4 is 38.0 Å². The standard InChI is InChI=1S/C30H16N4/c1-32-20-11-13-34-30(15-20)28-17-26-21-6-2-4-8-23(21)27(29-14-19(18-31)10-12-33-29)16-25(26)22-7-3-5-9-24(22)28/h2-17H. The summed E-state index contributed by atoms with van der Waals surface area (Å²) in [6.45, 7) is 7.41. The van der Waals surface area contributed by atoms with Crippen molar-refractivity contribution < 1.29 is 0 Å². The number of fused-ring (bicyclic) bond motifs is 5. The Hall–Kier alpha value is -5.06. The highest BCUT2D eigenvalue weighted by atomic mass is 14.7. The number of nitrogens with zero attached hydrogens (tertiary/aromatic N) is 4. The van der Waals surface area contributed by atoms with Gasteiger partial charge in [0.2, 0.25) is 0 Å². The van der Waals surface area contributed by atoms with E-state index in [0.717, 1.165) is 54.8 Å². The molecule has 6 rings (SSSR count). The molecule has 4 aromatic carbocycles. The van der Waals surface area contributed by atoms with Crippen molar-refractivity contribution in [2.75, 3.05) is 0 Å². The molecule has 0 spiro atoms. The molecule has 34 heavy (non-hydrogen) atoms. The Kier molecular flexibility index (Phi) is 4.51. The van der Waals surface area contributed by atoms with Crippen LogP contribution in [0.5, 0.6) is 0 Å². The number of hydrogen-bond acceptors (Lipinski definition) is 3. The lowest BCUT2D eigenvalue weighted by Gasteiger charge is -2.15. The van der Waals surface area contributed by atoms with Gasteiger partial charge in [-0.15, -0.1) is 0 Å². The fourth-order valence-electron chi connectivity index (χ4n) is 4.66. The number of nitriles is 1. The lowest BCUT2D eigenvalue weighted by molar-refractivity contribution is 1.32. The van der Waals surface area contributed by atoms with Crippen LogP contribution in [0.1, 0.15) is 5.56 Å². The molecule has 0 N–H and O–H groups in total. The Morgan fingerprint density at radius 2 is 1.15 bits per heavy atom. The molecule has 0 aliphatic heterocycles. The number of benzene rings is 4. The third kappa shape index (κ3) is 3.06. The first kappa shape index (κ1) is 19.6. The summed E-state index contributed by atoms with van der Waals surface area (Å²) in [6, 6.07) is 30.3. The van der Waals surface area contributed by atoms with Gasteiger partial charge in [0, 0.05) is 23.5 Å². The maximum absolute atomic E-state index is 9.41. The molecular formula is C30H16N4. The molecule has 0 atom stereocenters. The minimum atomic E-state index is 0.567. The lowest BCUT2D eigenvalue weighted by atomic mass is 9.89. The number of aromatic nitrogens is 2. The number of pyridine rings is 2. The van der Waals surface area contributed by atoms with Gasteiger partial charge in [-0.1, -0.05) is 48.5 Å². The van der Waals surface area contributed by atoms with Gasteiger partial charge >= 0.3 is 0 Å². The van der Waals surface area contributed by atoms with Gasteiger partial charge in [0.1, 0.15) is 0 Å². The third-order valence-electron chi connectivity index (χ3n) is 6.20. The summed E-state index contributed by atoms with van der Waals surface area (Å²) in [6.07, 6.45) is 3.38. The maximum Gasteiger partial charge on any atom is 0.190 e.